The Balaban J connectivity index is 2.19. The highest BCUT2D eigenvalue weighted by atomic mass is 16.2. The number of nitrogens with one attached hydrogen (secondary N) is 1. The zero-order valence-corrected chi connectivity index (χ0v) is 12.2. The van der Waals surface area contributed by atoms with Gasteiger partial charge in [0, 0.05) is 17.8 Å². The molecule has 0 bridgehead atoms. The molecule has 0 aliphatic heterocycles. The third kappa shape index (κ3) is 2.71. The van der Waals surface area contributed by atoms with Crippen LogP contribution in [-0.4, -0.2) is 28.0 Å². The average molecular weight is 273 g/mol. The van der Waals surface area contributed by atoms with Crippen LogP contribution in [0.2, 0.25) is 0 Å². The van der Waals surface area contributed by atoms with Gasteiger partial charge < -0.3 is 5.32 Å². The predicted octanol–water partition coefficient (Wildman–Crippen LogP) is 1.92. The maximum absolute atomic E-state index is 12.2. The number of benzene rings is 1. The summed E-state index contributed by atoms with van der Waals surface area (Å²) in [5, 5.41) is 7.66. The molecule has 0 radical (unpaired) electrons. The van der Waals surface area contributed by atoms with Gasteiger partial charge in [-0.1, -0.05) is 39.0 Å². The van der Waals surface area contributed by atoms with E-state index in [0.29, 0.717) is 5.69 Å². The Labute approximate surface area is 118 Å². The zero-order chi connectivity index (χ0) is 14.9. The van der Waals surface area contributed by atoms with Crippen molar-refractivity contribution in [2.24, 2.45) is 12.5 Å². The monoisotopic (exact) mass is 273 g/mol. The molecule has 1 N–H and O–H groups in total. The molecule has 0 fully saturated rings. The summed E-state index contributed by atoms with van der Waals surface area (Å²) in [6.45, 7) is 5.51. The second-order valence-corrected chi connectivity index (χ2v) is 5.85. The first kappa shape index (κ1) is 14.2. The highest BCUT2D eigenvalue weighted by molar-refractivity contribution is 6.06. The van der Waals surface area contributed by atoms with E-state index in [-0.39, 0.29) is 18.2 Å². The van der Waals surface area contributed by atoms with Crippen LogP contribution in [-0.2, 0) is 11.8 Å². The maximum atomic E-state index is 12.2. The van der Waals surface area contributed by atoms with E-state index >= 15 is 0 Å². The minimum Gasteiger partial charge on any atom is -0.344 e. The Bertz CT molecular complexity index is 665. The first-order valence-corrected chi connectivity index (χ1v) is 6.54. The van der Waals surface area contributed by atoms with E-state index < -0.39 is 5.41 Å². The first-order chi connectivity index (χ1) is 9.30. The summed E-state index contributed by atoms with van der Waals surface area (Å²) in [6.07, 6.45) is 0. The van der Waals surface area contributed by atoms with Crippen LogP contribution in [0.5, 0.6) is 0 Å². The highest BCUT2D eigenvalue weighted by Crippen LogP contribution is 2.17. The molecule has 0 spiro atoms. The number of rotatable bonds is 3. The number of ketones is 1. The lowest BCUT2D eigenvalue weighted by Gasteiger charge is -2.16. The lowest BCUT2D eigenvalue weighted by atomic mass is 9.91. The van der Waals surface area contributed by atoms with Crippen molar-refractivity contribution in [1.82, 2.24) is 15.1 Å². The van der Waals surface area contributed by atoms with Gasteiger partial charge in [-0.2, -0.15) is 5.10 Å². The number of carbonyl (C=O) groups is 2. The largest absolute Gasteiger partial charge is 0.344 e. The molecule has 2 rings (SSSR count). The van der Waals surface area contributed by atoms with Gasteiger partial charge in [-0.15, -0.1) is 0 Å². The summed E-state index contributed by atoms with van der Waals surface area (Å²) in [5.41, 5.74) is 0.782. The van der Waals surface area contributed by atoms with Crippen molar-refractivity contribution >= 4 is 22.6 Å². The second kappa shape index (κ2) is 5.07. The molecular formula is C15H19N3O2. The van der Waals surface area contributed by atoms with Crippen molar-refractivity contribution in [1.29, 1.82) is 0 Å². The van der Waals surface area contributed by atoms with Gasteiger partial charge in [0.2, 0.25) is 0 Å². The highest BCUT2D eigenvalue weighted by Gasteiger charge is 2.22. The van der Waals surface area contributed by atoms with Crippen molar-refractivity contribution in [2.45, 2.75) is 20.8 Å². The summed E-state index contributed by atoms with van der Waals surface area (Å²) in [7, 11) is 1.79. The van der Waals surface area contributed by atoms with E-state index in [9.17, 15) is 9.59 Å². The molecule has 5 nitrogen and oxygen atoms in total. The number of para-hydroxylation sites is 1. The van der Waals surface area contributed by atoms with E-state index in [1.165, 1.54) is 0 Å². The molecule has 1 heterocycles. The third-order valence-corrected chi connectivity index (χ3v) is 3.22. The molecular weight excluding hydrogens is 254 g/mol. The smallest absolute Gasteiger partial charge is 0.272 e. The molecule has 0 aliphatic carbocycles. The lowest BCUT2D eigenvalue weighted by molar-refractivity contribution is -0.125. The normalized spacial score (nSPS) is 11.6. The number of fused-ring (bicyclic) bond motifs is 1. The fourth-order valence-corrected chi connectivity index (χ4v) is 1.89. The number of amides is 1. The topological polar surface area (TPSA) is 64.0 Å². The second-order valence-electron chi connectivity index (χ2n) is 5.85. The number of carbonyl (C=O) groups excluding carboxylic acids is 2. The van der Waals surface area contributed by atoms with Crippen LogP contribution in [0.25, 0.3) is 10.9 Å². The third-order valence-electron chi connectivity index (χ3n) is 3.22. The summed E-state index contributed by atoms with van der Waals surface area (Å²) >= 11 is 0. The Morgan fingerprint density at radius 3 is 2.55 bits per heavy atom. The van der Waals surface area contributed by atoms with Crippen LogP contribution >= 0.6 is 0 Å². The van der Waals surface area contributed by atoms with E-state index in [4.69, 9.17) is 0 Å². The van der Waals surface area contributed by atoms with Crippen LogP contribution < -0.4 is 5.32 Å². The minimum absolute atomic E-state index is 0.00825. The van der Waals surface area contributed by atoms with Crippen LogP contribution in [0, 0.1) is 5.41 Å². The first-order valence-electron chi connectivity index (χ1n) is 6.54. The number of aryl methyl sites for hydroxylation is 1. The van der Waals surface area contributed by atoms with Crippen molar-refractivity contribution in [3.05, 3.63) is 30.0 Å². The minimum atomic E-state index is -0.459. The van der Waals surface area contributed by atoms with E-state index in [1.807, 2.05) is 45.0 Å². The molecule has 1 aromatic heterocycles. The molecule has 5 heteroatoms. The SMILES string of the molecule is Cn1nc(C(=O)NCC(=O)C(C)(C)C)c2ccccc21. The van der Waals surface area contributed by atoms with Gasteiger partial charge in [0.15, 0.2) is 11.5 Å². The molecule has 1 aromatic carbocycles. The fourth-order valence-electron chi connectivity index (χ4n) is 1.89. The lowest BCUT2D eigenvalue weighted by Crippen LogP contribution is -2.35. The zero-order valence-electron chi connectivity index (χ0n) is 12.2. The Hall–Kier alpha value is -2.17. The molecule has 0 saturated carbocycles. The Kier molecular flexibility index (Phi) is 3.61. The summed E-state index contributed by atoms with van der Waals surface area (Å²) in [4.78, 5) is 24.0. The predicted molar refractivity (Wildman–Crippen MR) is 77.5 cm³/mol. The van der Waals surface area contributed by atoms with Crippen molar-refractivity contribution in [3.8, 4) is 0 Å². The van der Waals surface area contributed by atoms with Gasteiger partial charge in [0.05, 0.1) is 12.1 Å². The van der Waals surface area contributed by atoms with Crippen LogP contribution in [0.4, 0.5) is 0 Å². The fraction of sp³-hybridized carbons (Fsp3) is 0.400. The molecule has 2 aromatic rings. The number of hydrogen-bond acceptors (Lipinski definition) is 3. The van der Waals surface area contributed by atoms with Crippen molar-refractivity contribution in [2.75, 3.05) is 6.54 Å². The molecule has 0 saturated heterocycles. The quantitative estimate of drug-likeness (QED) is 0.929. The Morgan fingerprint density at radius 2 is 1.90 bits per heavy atom. The van der Waals surface area contributed by atoms with Crippen LogP contribution in [0.15, 0.2) is 24.3 Å². The van der Waals surface area contributed by atoms with Gasteiger partial charge in [0.25, 0.3) is 5.91 Å². The number of Topliss-reactive ketones (excluding diaryl/α,β-unsaturated/α-hetero) is 1. The molecule has 1 amide bonds. The van der Waals surface area contributed by atoms with Crippen LogP contribution in [0.3, 0.4) is 0 Å². The molecule has 106 valence electrons. The maximum Gasteiger partial charge on any atom is 0.272 e. The van der Waals surface area contributed by atoms with Gasteiger partial charge in [-0.3, -0.25) is 14.3 Å². The molecule has 0 unspecified atom stereocenters. The molecule has 0 atom stereocenters. The Morgan fingerprint density at radius 1 is 1.25 bits per heavy atom. The van der Waals surface area contributed by atoms with E-state index in [1.54, 1.807) is 11.7 Å². The van der Waals surface area contributed by atoms with Crippen molar-refractivity contribution in [3.63, 3.8) is 0 Å². The summed E-state index contributed by atoms with van der Waals surface area (Å²) in [6, 6.07) is 7.51. The van der Waals surface area contributed by atoms with Gasteiger partial charge in [-0.05, 0) is 6.07 Å². The average Bonchev–Trinajstić information content (AvgIpc) is 2.72. The number of hydrogen-bond donors (Lipinski definition) is 1. The van der Waals surface area contributed by atoms with Gasteiger partial charge in [-0.25, -0.2) is 0 Å². The van der Waals surface area contributed by atoms with Gasteiger partial charge in [0.1, 0.15) is 0 Å². The van der Waals surface area contributed by atoms with E-state index in [0.717, 1.165) is 10.9 Å². The number of nitrogens with zero attached hydrogens (tertiary/aromatic N) is 2. The number of aromatic nitrogens is 2. The van der Waals surface area contributed by atoms with Gasteiger partial charge >= 0.3 is 0 Å². The molecule has 20 heavy (non-hydrogen) atoms. The van der Waals surface area contributed by atoms with Crippen LogP contribution in [0.1, 0.15) is 31.3 Å². The molecule has 0 aliphatic rings. The van der Waals surface area contributed by atoms with E-state index in [2.05, 4.69) is 10.4 Å². The van der Waals surface area contributed by atoms with Crippen molar-refractivity contribution < 1.29 is 9.59 Å². The summed E-state index contributed by atoms with van der Waals surface area (Å²) in [5.74, 6) is -0.328. The summed E-state index contributed by atoms with van der Waals surface area (Å²) < 4.78 is 1.66. The standard InChI is InChI=1S/C15H19N3O2/c1-15(2,3)12(19)9-16-14(20)13-10-7-5-6-8-11(10)18(4)17-13/h5-8H,9H2,1-4H3,(H,16,20).